The Hall–Kier alpha value is -2.51. The maximum absolute atomic E-state index is 13.1. The van der Waals surface area contributed by atoms with E-state index in [9.17, 15) is 13.2 Å². The Bertz CT molecular complexity index is 790. The Balaban J connectivity index is 1.54. The lowest BCUT2D eigenvalue weighted by Gasteiger charge is -2.34. The van der Waals surface area contributed by atoms with Gasteiger partial charge in [0.1, 0.15) is 0 Å². The minimum Gasteiger partial charge on any atom is -0.352 e. The standard InChI is InChI=1S/C20H26F3N5/c1-24-19(25-13-17-14-27(2)26-18(17)20(21,22)23)28-10-8-16(9-11-28)12-15-6-4-3-5-7-15/h3-7,14,16H,8-13H2,1-2H3,(H,24,25). The lowest BCUT2D eigenvalue weighted by molar-refractivity contribution is -0.142. The van der Waals surface area contributed by atoms with Gasteiger partial charge in [-0.15, -0.1) is 0 Å². The molecule has 1 saturated heterocycles. The number of nitrogens with one attached hydrogen (secondary N) is 1. The zero-order valence-corrected chi connectivity index (χ0v) is 16.2. The van der Waals surface area contributed by atoms with E-state index in [1.807, 2.05) is 6.07 Å². The number of aromatic nitrogens is 2. The van der Waals surface area contributed by atoms with Gasteiger partial charge in [-0.05, 0) is 30.7 Å². The van der Waals surface area contributed by atoms with Crippen molar-refractivity contribution in [1.29, 1.82) is 0 Å². The molecule has 0 amide bonds. The highest BCUT2D eigenvalue weighted by Crippen LogP contribution is 2.30. The molecule has 1 aliphatic heterocycles. The van der Waals surface area contributed by atoms with Crippen LogP contribution < -0.4 is 5.32 Å². The Morgan fingerprint density at radius 1 is 1.21 bits per heavy atom. The molecule has 8 heteroatoms. The molecule has 0 unspecified atom stereocenters. The summed E-state index contributed by atoms with van der Waals surface area (Å²) in [7, 11) is 3.15. The predicted octanol–water partition coefficient (Wildman–Crippen LogP) is 3.47. The number of benzene rings is 1. The summed E-state index contributed by atoms with van der Waals surface area (Å²) in [5, 5.41) is 6.61. The fourth-order valence-electron chi connectivity index (χ4n) is 3.71. The van der Waals surface area contributed by atoms with Crippen LogP contribution in [0.4, 0.5) is 13.2 Å². The van der Waals surface area contributed by atoms with Gasteiger partial charge in [-0.3, -0.25) is 9.67 Å². The SMILES string of the molecule is CN=C(NCc1cn(C)nc1C(F)(F)F)N1CCC(Cc2ccccc2)CC1. The third-order valence-corrected chi connectivity index (χ3v) is 5.10. The topological polar surface area (TPSA) is 45.5 Å². The molecule has 0 bridgehead atoms. The minimum absolute atomic E-state index is 0.0410. The molecule has 2 heterocycles. The van der Waals surface area contributed by atoms with Crippen molar-refractivity contribution in [3.8, 4) is 0 Å². The van der Waals surface area contributed by atoms with Gasteiger partial charge in [0.05, 0.1) is 0 Å². The smallest absolute Gasteiger partial charge is 0.352 e. The second-order valence-corrected chi connectivity index (χ2v) is 7.20. The summed E-state index contributed by atoms with van der Waals surface area (Å²) in [6.07, 6.45) is 0.0741. The average molecular weight is 393 g/mol. The number of likely N-dealkylation sites (tertiary alicyclic amines) is 1. The van der Waals surface area contributed by atoms with Gasteiger partial charge in [0.25, 0.3) is 0 Å². The zero-order chi connectivity index (χ0) is 20.1. The van der Waals surface area contributed by atoms with Crippen LogP contribution in [-0.4, -0.2) is 40.8 Å². The van der Waals surface area contributed by atoms with Gasteiger partial charge in [-0.25, -0.2) is 0 Å². The molecule has 1 aromatic carbocycles. The Morgan fingerprint density at radius 3 is 2.50 bits per heavy atom. The van der Waals surface area contributed by atoms with Crippen molar-refractivity contribution in [3.05, 3.63) is 53.3 Å². The second kappa shape index (κ2) is 8.67. The molecule has 0 saturated carbocycles. The Labute approximate surface area is 163 Å². The van der Waals surface area contributed by atoms with Gasteiger partial charge in [0, 0.05) is 45.5 Å². The van der Waals surface area contributed by atoms with Crippen LogP contribution in [0.2, 0.25) is 0 Å². The third-order valence-electron chi connectivity index (χ3n) is 5.10. The van der Waals surface area contributed by atoms with Crippen LogP contribution in [0.5, 0.6) is 0 Å². The van der Waals surface area contributed by atoms with Crippen LogP contribution in [0.1, 0.15) is 29.7 Å². The highest BCUT2D eigenvalue weighted by molar-refractivity contribution is 5.80. The van der Waals surface area contributed by atoms with Crippen LogP contribution in [0.25, 0.3) is 0 Å². The first-order valence-corrected chi connectivity index (χ1v) is 9.46. The summed E-state index contributed by atoms with van der Waals surface area (Å²) in [5.74, 6) is 1.25. The molecular formula is C20H26F3N5. The number of hydrogen-bond donors (Lipinski definition) is 1. The van der Waals surface area contributed by atoms with Crippen LogP contribution in [-0.2, 0) is 26.2 Å². The van der Waals surface area contributed by atoms with E-state index in [2.05, 4.69) is 44.6 Å². The first-order valence-electron chi connectivity index (χ1n) is 9.46. The molecule has 152 valence electrons. The molecule has 5 nitrogen and oxygen atoms in total. The molecule has 1 aromatic heterocycles. The Kier molecular flexibility index (Phi) is 6.26. The number of aliphatic imine (C=N–C) groups is 1. The fraction of sp³-hybridized carbons (Fsp3) is 0.500. The molecule has 0 radical (unpaired) electrons. The van der Waals surface area contributed by atoms with E-state index in [1.165, 1.54) is 23.5 Å². The van der Waals surface area contributed by atoms with E-state index < -0.39 is 11.9 Å². The molecule has 1 fully saturated rings. The zero-order valence-electron chi connectivity index (χ0n) is 16.2. The van der Waals surface area contributed by atoms with Gasteiger partial charge in [-0.2, -0.15) is 18.3 Å². The van der Waals surface area contributed by atoms with Gasteiger partial charge in [-0.1, -0.05) is 30.3 Å². The number of rotatable bonds is 4. The molecule has 3 rings (SSSR count). The van der Waals surface area contributed by atoms with E-state index in [-0.39, 0.29) is 12.1 Å². The van der Waals surface area contributed by atoms with Gasteiger partial charge >= 0.3 is 6.18 Å². The van der Waals surface area contributed by atoms with E-state index in [1.54, 1.807) is 7.05 Å². The minimum atomic E-state index is -4.46. The Morgan fingerprint density at radius 2 is 1.89 bits per heavy atom. The summed E-state index contributed by atoms with van der Waals surface area (Å²) < 4.78 is 40.5. The molecule has 28 heavy (non-hydrogen) atoms. The summed E-state index contributed by atoms with van der Waals surface area (Å²) in [5.41, 5.74) is 0.620. The highest BCUT2D eigenvalue weighted by Gasteiger charge is 2.37. The van der Waals surface area contributed by atoms with Gasteiger partial charge in [0.2, 0.25) is 0 Å². The van der Waals surface area contributed by atoms with Crippen molar-refractivity contribution in [2.75, 3.05) is 20.1 Å². The lowest BCUT2D eigenvalue weighted by atomic mass is 9.90. The van der Waals surface area contributed by atoms with Crippen molar-refractivity contribution < 1.29 is 13.2 Å². The lowest BCUT2D eigenvalue weighted by Crippen LogP contribution is -2.45. The monoisotopic (exact) mass is 393 g/mol. The molecule has 1 aliphatic rings. The quantitative estimate of drug-likeness (QED) is 0.639. The van der Waals surface area contributed by atoms with Crippen LogP contribution >= 0.6 is 0 Å². The maximum atomic E-state index is 13.1. The first-order chi connectivity index (χ1) is 13.4. The highest BCUT2D eigenvalue weighted by atomic mass is 19.4. The first kappa shape index (κ1) is 20.2. The number of piperidine rings is 1. The number of hydrogen-bond acceptors (Lipinski definition) is 2. The molecule has 0 spiro atoms. The summed E-state index contributed by atoms with van der Waals surface area (Å²) >= 11 is 0. The summed E-state index contributed by atoms with van der Waals surface area (Å²) in [4.78, 5) is 6.37. The molecular weight excluding hydrogens is 367 g/mol. The number of guanidine groups is 1. The fourth-order valence-corrected chi connectivity index (χ4v) is 3.71. The van der Waals surface area contributed by atoms with E-state index >= 15 is 0 Å². The number of alkyl halides is 3. The molecule has 0 atom stereocenters. The van der Waals surface area contributed by atoms with Crippen molar-refractivity contribution in [2.24, 2.45) is 18.0 Å². The van der Waals surface area contributed by atoms with Crippen molar-refractivity contribution in [1.82, 2.24) is 20.0 Å². The van der Waals surface area contributed by atoms with E-state index in [4.69, 9.17) is 0 Å². The van der Waals surface area contributed by atoms with E-state index in [0.717, 1.165) is 32.4 Å². The number of nitrogens with zero attached hydrogens (tertiary/aromatic N) is 4. The van der Waals surface area contributed by atoms with Crippen molar-refractivity contribution in [3.63, 3.8) is 0 Å². The van der Waals surface area contributed by atoms with Crippen molar-refractivity contribution >= 4 is 5.96 Å². The van der Waals surface area contributed by atoms with Crippen molar-refractivity contribution in [2.45, 2.75) is 32.0 Å². The van der Waals surface area contributed by atoms with Crippen LogP contribution in [0.3, 0.4) is 0 Å². The van der Waals surface area contributed by atoms with Crippen LogP contribution in [0, 0.1) is 5.92 Å². The van der Waals surface area contributed by atoms with Crippen LogP contribution in [0.15, 0.2) is 41.5 Å². The number of halogens is 3. The van der Waals surface area contributed by atoms with E-state index in [0.29, 0.717) is 11.9 Å². The largest absolute Gasteiger partial charge is 0.435 e. The normalized spacial score (nSPS) is 16.5. The molecule has 2 aromatic rings. The summed E-state index contributed by atoms with van der Waals surface area (Å²) in [6, 6.07) is 10.4. The number of aryl methyl sites for hydroxylation is 1. The third kappa shape index (κ3) is 5.05. The molecule has 0 aliphatic carbocycles. The second-order valence-electron chi connectivity index (χ2n) is 7.20. The summed E-state index contributed by atoms with van der Waals surface area (Å²) in [6.45, 7) is 1.73. The molecule has 1 N–H and O–H groups in total. The predicted molar refractivity (Wildman–Crippen MR) is 103 cm³/mol. The van der Waals surface area contributed by atoms with Gasteiger partial charge < -0.3 is 10.2 Å². The maximum Gasteiger partial charge on any atom is 0.435 e. The van der Waals surface area contributed by atoms with Gasteiger partial charge in [0.15, 0.2) is 11.7 Å². The average Bonchev–Trinajstić information content (AvgIpc) is 3.05.